The molecule has 0 aliphatic rings. The van der Waals surface area contributed by atoms with Crippen LogP contribution in [-0.2, 0) is 22.6 Å². The quantitative estimate of drug-likeness (QED) is 0.651. The average Bonchev–Trinajstić information content (AvgIpc) is 2.41. The van der Waals surface area contributed by atoms with Crippen LogP contribution < -0.4 is 5.73 Å². The number of carbonyl (C=O) groups excluding carboxylic acids is 1. The number of nitrogen functional groups attached to an aromatic ring is 1. The second kappa shape index (κ2) is 5.91. The third kappa shape index (κ3) is 4.03. The number of ether oxygens (including phenoxy) is 1. The van der Waals surface area contributed by atoms with Crippen LogP contribution in [0.5, 0.6) is 5.75 Å². The van der Waals surface area contributed by atoms with Crippen LogP contribution in [0.1, 0.15) is 11.1 Å². The molecule has 0 fully saturated rings. The van der Waals surface area contributed by atoms with Gasteiger partial charge in [-0.25, -0.2) is 0 Å². The van der Waals surface area contributed by atoms with E-state index in [1.165, 1.54) is 0 Å². The lowest BCUT2D eigenvalue weighted by atomic mass is 10.1. The first-order valence-corrected chi connectivity index (χ1v) is 5.91. The summed E-state index contributed by atoms with van der Waals surface area (Å²) in [5.74, 6) is -0.102. The first-order valence-electron chi connectivity index (χ1n) is 5.91. The molecule has 0 radical (unpaired) electrons. The van der Waals surface area contributed by atoms with E-state index >= 15 is 0 Å². The van der Waals surface area contributed by atoms with Crippen molar-refractivity contribution in [1.82, 2.24) is 0 Å². The summed E-state index contributed by atoms with van der Waals surface area (Å²) in [5, 5.41) is 9.13. The second-order valence-corrected chi connectivity index (χ2v) is 4.25. The van der Waals surface area contributed by atoms with E-state index in [4.69, 9.17) is 15.6 Å². The molecule has 4 heteroatoms. The monoisotopic (exact) mass is 257 g/mol. The van der Waals surface area contributed by atoms with Gasteiger partial charge in [0.15, 0.2) is 0 Å². The van der Waals surface area contributed by atoms with Gasteiger partial charge in [-0.05, 0) is 35.4 Å². The zero-order valence-corrected chi connectivity index (χ0v) is 10.4. The molecule has 2 rings (SSSR count). The number of anilines is 1. The molecule has 0 amide bonds. The molecule has 0 atom stereocenters. The van der Waals surface area contributed by atoms with Gasteiger partial charge in [-0.3, -0.25) is 4.79 Å². The molecule has 0 spiro atoms. The molecule has 0 unspecified atom stereocenters. The number of hydrogen-bond donors (Lipinski definition) is 2. The van der Waals surface area contributed by atoms with Crippen molar-refractivity contribution in [2.45, 2.75) is 13.0 Å². The maximum atomic E-state index is 11.6. The Hall–Kier alpha value is -2.49. The number of carbonyl (C=O) groups is 1. The zero-order chi connectivity index (χ0) is 13.7. The Labute approximate surface area is 111 Å². The van der Waals surface area contributed by atoms with Gasteiger partial charge in [0.2, 0.25) is 0 Å². The van der Waals surface area contributed by atoms with Crippen LogP contribution in [0.2, 0.25) is 0 Å². The minimum absolute atomic E-state index is 0.192. The molecule has 4 nitrogen and oxygen atoms in total. The van der Waals surface area contributed by atoms with Crippen LogP contribution >= 0.6 is 0 Å². The third-order valence-electron chi connectivity index (χ3n) is 2.66. The van der Waals surface area contributed by atoms with E-state index in [1.807, 2.05) is 0 Å². The van der Waals surface area contributed by atoms with Gasteiger partial charge in [-0.15, -0.1) is 0 Å². The minimum Gasteiger partial charge on any atom is -0.508 e. The van der Waals surface area contributed by atoms with Gasteiger partial charge in [0.05, 0.1) is 6.42 Å². The standard InChI is InChI=1S/C15H15NO3/c16-13-5-1-11(2-6-13)9-15(18)19-10-12-3-7-14(17)8-4-12/h1-8,17H,9-10,16H2. The molecule has 0 aliphatic carbocycles. The van der Waals surface area contributed by atoms with Crippen molar-refractivity contribution in [3.05, 3.63) is 59.7 Å². The third-order valence-corrected chi connectivity index (χ3v) is 2.66. The number of aromatic hydroxyl groups is 1. The Morgan fingerprint density at radius 1 is 1.00 bits per heavy atom. The van der Waals surface area contributed by atoms with Crippen LogP contribution in [0.25, 0.3) is 0 Å². The summed E-state index contributed by atoms with van der Waals surface area (Å²) in [6.07, 6.45) is 0.221. The maximum Gasteiger partial charge on any atom is 0.310 e. The van der Waals surface area contributed by atoms with Gasteiger partial charge < -0.3 is 15.6 Å². The second-order valence-electron chi connectivity index (χ2n) is 4.25. The fourth-order valence-electron chi connectivity index (χ4n) is 1.61. The zero-order valence-electron chi connectivity index (χ0n) is 10.4. The predicted molar refractivity (Wildman–Crippen MR) is 72.5 cm³/mol. The van der Waals surface area contributed by atoms with Gasteiger partial charge in [-0.1, -0.05) is 24.3 Å². The Balaban J connectivity index is 1.84. The van der Waals surface area contributed by atoms with Gasteiger partial charge in [0, 0.05) is 5.69 Å². The molecule has 0 bridgehead atoms. The summed E-state index contributed by atoms with van der Waals surface area (Å²) in [5.41, 5.74) is 7.94. The minimum atomic E-state index is -0.294. The van der Waals surface area contributed by atoms with Crippen molar-refractivity contribution in [3.8, 4) is 5.75 Å². The number of hydrogen-bond acceptors (Lipinski definition) is 4. The van der Waals surface area contributed by atoms with Crippen LogP contribution in [-0.4, -0.2) is 11.1 Å². The van der Waals surface area contributed by atoms with Crippen LogP contribution in [0.4, 0.5) is 5.69 Å². The van der Waals surface area contributed by atoms with Crippen LogP contribution in [0.3, 0.4) is 0 Å². The maximum absolute atomic E-state index is 11.6. The smallest absolute Gasteiger partial charge is 0.310 e. The van der Waals surface area contributed by atoms with Crippen LogP contribution in [0.15, 0.2) is 48.5 Å². The lowest BCUT2D eigenvalue weighted by Crippen LogP contribution is -2.08. The summed E-state index contributed by atoms with van der Waals surface area (Å²) >= 11 is 0. The Kier molecular flexibility index (Phi) is 4.03. The molecule has 2 aromatic rings. The highest BCUT2D eigenvalue weighted by molar-refractivity contribution is 5.72. The average molecular weight is 257 g/mol. The number of phenols is 1. The van der Waals surface area contributed by atoms with Gasteiger partial charge >= 0.3 is 5.97 Å². The van der Waals surface area contributed by atoms with E-state index in [0.717, 1.165) is 11.1 Å². The molecule has 3 N–H and O–H groups in total. The molecule has 2 aromatic carbocycles. The van der Waals surface area contributed by atoms with Crippen LogP contribution in [0, 0.1) is 0 Å². The molecular formula is C15H15NO3. The summed E-state index contributed by atoms with van der Waals surface area (Å²) < 4.78 is 5.15. The van der Waals surface area contributed by atoms with Crippen molar-refractivity contribution < 1.29 is 14.6 Å². The topological polar surface area (TPSA) is 72.6 Å². The fraction of sp³-hybridized carbons (Fsp3) is 0.133. The predicted octanol–water partition coefficient (Wildman–Crippen LogP) is 2.26. The SMILES string of the molecule is Nc1ccc(CC(=O)OCc2ccc(O)cc2)cc1. The normalized spacial score (nSPS) is 10.1. The van der Waals surface area contributed by atoms with E-state index in [9.17, 15) is 4.79 Å². The number of nitrogens with two attached hydrogens (primary N) is 1. The summed E-state index contributed by atoms with van der Waals surface area (Å²) in [6, 6.07) is 13.7. The van der Waals surface area contributed by atoms with Crippen molar-refractivity contribution in [2.24, 2.45) is 0 Å². The first kappa shape index (κ1) is 13.0. The molecule has 0 heterocycles. The highest BCUT2D eigenvalue weighted by Crippen LogP contribution is 2.11. The van der Waals surface area contributed by atoms with Crippen molar-refractivity contribution >= 4 is 11.7 Å². The Bertz CT molecular complexity index is 547. The summed E-state index contributed by atoms with van der Waals surface area (Å²) in [4.78, 5) is 11.6. The largest absolute Gasteiger partial charge is 0.508 e. The van der Waals surface area contributed by atoms with E-state index < -0.39 is 0 Å². The first-order chi connectivity index (χ1) is 9.13. The molecule has 0 saturated carbocycles. The van der Waals surface area contributed by atoms with Gasteiger partial charge in [0.25, 0.3) is 0 Å². The fourth-order valence-corrected chi connectivity index (χ4v) is 1.61. The Morgan fingerprint density at radius 2 is 1.58 bits per heavy atom. The molecule has 19 heavy (non-hydrogen) atoms. The summed E-state index contributed by atoms with van der Waals surface area (Å²) in [7, 11) is 0. The lowest BCUT2D eigenvalue weighted by molar-refractivity contribution is -0.144. The van der Waals surface area contributed by atoms with E-state index in [0.29, 0.717) is 5.69 Å². The van der Waals surface area contributed by atoms with E-state index in [2.05, 4.69) is 0 Å². The van der Waals surface area contributed by atoms with Crippen molar-refractivity contribution in [3.63, 3.8) is 0 Å². The Morgan fingerprint density at radius 3 is 2.21 bits per heavy atom. The number of rotatable bonds is 4. The molecule has 0 aromatic heterocycles. The summed E-state index contributed by atoms with van der Waals surface area (Å²) in [6.45, 7) is 0.202. The highest BCUT2D eigenvalue weighted by atomic mass is 16.5. The van der Waals surface area contributed by atoms with E-state index in [-0.39, 0.29) is 24.7 Å². The number of esters is 1. The molecule has 98 valence electrons. The lowest BCUT2D eigenvalue weighted by Gasteiger charge is -2.05. The highest BCUT2D eigenvalue weighted by Gasteiger charge is 2.05. The van der Waals surface area contributed by atoms with Crippen molar-refractivity contribution in [1.29, 1.82) is 0 Å². The van der Waals surface area contributed by atoms with E-state index in [1.54, 1.807) is 48.5 Å². The molecule has 0 aliphatic heterocycles. The van der Waals surface area contributed by atoms with Gasteiger partial charge in [-0.2, -0.15) is 0 Å². The number of benzene rings is 2. The molecular weight excluding hydrogens is 242 g/mol. The molecule has 0 saturated heterocycles. The van der Waals surface area contributed by atoms with Crippen molar-refractivity contribution in [2.75, 3.05) is 5.73 Å². The number of phenolic OH excluding ortho intramolecular Hbond substituents is 1. The van der Waals surface area contributed by atoms with Gasteiger partial charge in [0.1, 0.15) is 12.4 Å².